The third-order valence-electron chi connectivity index (χ3n) is 3.27. The fourth-order valence-corrected chi connectivity index (χ4v) is 2.07. The number of carbonyl (C=O) groups is 2. The van der Waals surface area contributed by atoms with Crippen molar-refractivity contribution < 1.29 is 18.7 Å². The Balaban J connectivity index is 2.17. The second-order valence-corrected chi connectivity index (χ2v) is 5.39. The van der Waals surface area contributed by atoms with Crippen LogP contribution in [0, 0.1) is 6.92 Å². The zero-order valence-corrected chi connectivity index (χ0v) is 14.1. The molecule has 1 aromatic heterocycles. The van der Waals surface area contributed by atoms with Crippen LogP contribution >= 0.6 is 0 Å². The molecule has 6 nitrogen and oxygen atoms in total. The summed E-state index contributed by atoms with van der Waals surface area (Å²) in [6.07, 6.45) is 2.93. The van der Waals surface area contributed by atoms with Gasteiger partial charge in [-0.1, -0.05) is 0 Å². The predicted molar refractivity (Wildman–Crippen MR) is 92.1 cm³/mol. The molecule has 0 unspecified atom stereocenters. The lowest BCUT2D eigenvalue weighted by Crippen LogP contribution is -2.22. The number of benzene rings is 1. The summed E-state index contributed by atoms with van der Waals surface area (Å²) < 4.78 is 10.6. The zero-order chi connectivity index (χ0) is 17.7. The SMILES string of the molecule is COc1ccc(C(=O)N(C)C)cc1NC(=O)/C=C/c1ccc(C)o1. The van der Waals surface area contributed by atoms with E-state index >= 15 is 0 Å². The molecule has 0 aliphatic rings. The van der Waals surface area contributed by atoms with Gasteiger partial charge in [0.1, 0.15) is 17.3 Å². The number of rotatable bonds is 5. The van der Waals surface area contributed by atoms with Crippen molar-refractivity contribution in [2.45, 2.75) is 6.92 Å². The zero-order valence-electron chi connectivity index (χ0n) is 14.1. The fourth-order valence-electron chi connectivity index (χ4n) is 2.07. The van der Waals surface area contributed by atoms with Gasteiger partial charge in [-0.05, 0) is 43.3 Å². The molecule has 0 aliphatic carbocycles. The molecular weight excluding hydrogens is 308 g/mol. The number of hydrogen-bond donors (Lipinski definition) is 1. The summed E-state index contributed by atoms with van der Waals surface area (Å²) in [5, 5.41) is 2.71. The number of nitrogens with one attached hydrogen (secondary N) is 1. The van der Waals surface area contributed by atoms with Gasteiger partial charge in [0.15, 0.2) is 0 Å². The van der Waals surface area contributed by atoms with E-state index < -0.39 is 0 Å². The molecule has 2 aromatic rings. The van der Waals surface area contributed by atoms with Crippen LogP contribution in [0.5, 0.6) is 5.75 Å². The lowest BCUT2D eigenvalue weighted by Gasteiger charge is -2.13. The molecule has 0 spiro atoms. The van der Waals surface area contributed by atoms with E-state index in [0.29, 0.717) is 22.8 Å². The van der Waals surface area contributed by atoms with E-state index in [-0.39, 0.29) is 11.8 Å². The largest absolute Gasteiger partial charge is 0.495 e. The van der Waals surface area contributed by atoms with Crippen LogP contribution in [-0.4, -0.2) is 37.9 Å². The molecule has 126 valence electrons. The molecule has 0 fully saturated rings. The number of methoxy groups -OCH3 is 1. The predicted octanol–water partition coefficient (Wildman–Crippen LogP) is 2.95. The highest BCUT2D eigenvalue weighted by Gasteiger charge is 2.13. The summed E-state index contributed by atoms with van der Waals surface area (Å²) >= 11 is 0. The molecule has 2 amide bonds. The van der Waals surface area contributed by atoms with Crippen LogP contribution in [0.15, 0.2) is 40.8 Å². The van der Waals surface area contributed by atoms with Crippen molar-refractivity contribution in [1.82, 2.24) is 4.90 Å². The maximum Gasteiger partial charge on any atom is 0.253 e. The minimum Gasteiger partial charge on any atom is -0.495 e. The average Bonchev–Trinajstić information content (AvgIpc) is 2.97. The molecule has 0 atom stereocenters. The molecule has 0 radical (unpaired) electrons. The highest BCUT2D eigenvalue weighted by atomic mass is 16.5. The fraction of sp³-hybridized carbons (Fsp3) is 0.222. The monoisotopic (exact) mass is 328 g/mol. The number of carbonyl (C=O) groups excluding carboxylic acids is 2. The van der Waals surface area contributed by atoms with Gasteiger partial charge in [0.2, 0.25) is 5.91 Å². The van der Waals surface area contributed by atoms with Crippen molar-refractivity contribution in [2.24, 2.45) is 0 Å². The van der Waals surface area contributed by atoms with Crippen LogP contribution in [-0.2, 0) is 4.79 Å². The van der Waals surface area contributed by atoms with Gasteiger partial charge in [0.25, 0.3) is 5.91 Å². The van der Waals surface area contributed by atoms with Gasteiger partial charge in [-0.25, -0.2) is 0 Å². The smallest absolute Gasteiger partial charge is 0.253 e. The number of furan rings is 1. The molecule has 0 saturated heterocycles. The van der Waals surface area contributed by atoms with Gasteiger partial charge in [-0.15, -0.1) is 0 Å². The van der Waals surface area contributed by atoms with E-state index in [2.05, 4.69) is 5.32 Å². The third kappa shape index (κ3) is 4.25. The Kier molecular flexibility index (Phi) is 5.42. The number of anilines is 1. The van der Waals surface area contributed by atoms with Crippen LogP contribution in [0.3, 0.4) is 0 Å². The van der Waals surface area contributed by atoms with E-state index in [4.69, 9.17) is 9.15 Å². The Morgan fingerprint density at radius 1 is 1.21 bits per heavy atom. The highest BCUT2D eigenvalue weighted by Crippen LogP contribution is 2.26. The Morgan fingerprint density at radius 2 is 1.96 bits per heavy atom. The number of ether oxygens (including phenoxy) is 1. The Bertz CT molecular complexity index is 775. The summed E-state index contributed by atoms with van der Waals surface area (Å²) in [6, 6.07) is 8.47. The first-order valence-corrected chi connectivity index (χ1v) is 7.36. The molecular formula is C18H20N2O4. The van der Waals surface area contributed by atoms with Crippen molar-refractivity contribution in [3.8, 4) is 5.75 Å². The quantitative estimate of drug-likeness (QED) is 0.857. The summed E-state index contributed by atoms with van der Waals surface area (Å²) in [5.41, 5.74) is 0.886. The minimum atomic E-state index is -0.350. The first kappa shape index (κ1) is 17.3. The van der Waals surface area contributed by atoms with E-state index in [9.17, 15) is 9.59 Å². The molecule has 1 N–H and O–H groups in total. The van der Waals surface area contributed by atoms with Gasteiger partial charge in [0.05, 0.1) is 12.8 Å². The Morgan fingerprint density at radius 3 is 2.54 bits per heavy atom. The highest BCUT2D eigenvalue weighted by molar-refractivity contribution is 6.04. The van der Waals surface area contributed by atoms with E-state index in [1.807, 2.05) is 13.0 Å². The second kappa shape index (κ2) is 7.50. The third-order valence-corrected chi connectivity index (χ3v) is 3.27. The summed E-state index contributed by atoms with van der Waals surface area (Å²) in [4.78, 5) is 25.6. The Hall–Kier alpha value is -3.02. The van der Waals surface area contributed by atoms with Crippen LogP contribution in [0.2, 0.25) is 0 Å². The van der Waals surface area contributed by atoms with Gasteiger partial charge >= 0.3 is 0 Å². The number of nitrogens with zero attached hydrogens (tertiary/aromatic N) is 1. The molecule has 0 saturated carbocycles. The molecule has 0 bridgehead atoms. The van der Waals surface area contributed by atoms with Gasteiger partial charge < -0.3 is 19.4 Å². The first-order chi connectivity index (χ1) is 11.4. The van der Waals surface area contributed by atoms with Crippen molar-refractivity contribution in [3.63, 3.8) is 0 Å². The van der Waals surface area contributed by atoms with Crippen molar-refractivity contribution in [3.05, 3.63) is 53.5 Å². The van der Waals surface area contributed by atoms with E-state index in [1.165, 1.54) is 18.1 Å². The maximum absolute atomic E-state index is 12.1. The van der Waals surface area contributed by atoms with Crippen LogP contribution < -0.4 is 10.1 Å². The van der Waals surface area contributed by atoms with Crippen LogP contribution in [0.4, 0.5) is 5.69 Å². The lowest BCUT2D eigenvalue weighted by molar-refractivity contribution is -0.111. The van der Waals surface area contributed by atoms with Gasteiger partial charge in [-0.2, -0.15) is 0 Å². The van der Waals surface area contributed by atoms with Crippen molar-refractivity contribution >= 4 is 23.6 Å². The topological polar surface area (TPSA) is 71.8 Å². The van der Waals surface area contributed by atoms with Gasteiger partial charge in [-0.3, -0.25) is 9.59 Å². The lowest BCUT2D eigenvalue weighted by atomic mass is 10.1. The molecule has 24 heavy (non-hydrogen) atoms. The average molecular weight is 328 g/mol. The van der Waals surface area contributed by atoms with E-state index in [1.54, 1.807) is 44.4 Å². The number of aryl methyl sites for hydroxylation is 1. The first-order valence-electron chi connectivity index (χ1n) is 7.36. The summed E-state index contributed by atoms with van der Waals surface area (Å²) in [5.74, 6) is 1.32. The molecule has 6 heteroatoms. The number of amides is 2. The van der Waals surface area contributed by atoms with Crippen molar-refractivity contribution in [2.75, 3.05) is 26.5 Å². The molecule has 1 heterocycles. The second-order valence-electron chi connectivity index (χ2n) is 5.39. The molecule has 1 aromatic carbocycles. The normalized spacial score (nSPS) is 10.7. The maximum atomic E-state index is 12.1. The van der Waals surface area contributed by atoms with E-state index in [0.717, 1.165) is 5.76 Å². The summed E-state index contributed by atoms with van der Waals surface area (Å²) in [7, 11) is 4.83. The van der Waals surface area contributed by atoms with Crippen molar-refractivity contribution in [1.29, 1.82) is 0 Å². The van der Waals surface area contributed by atoms with Crippen LogP contribution in [0.1, 0.15) is 21.9 Å². The molecule has 2 rings (SSSR count). The molecule has 0 aliphatic heterocycles. The standard InChI is InChI=1S/C18H20N2O4/c1-12-5-7-14(24-12)8-10-17(21)19-15-11-13(18(22)20(2)3)6-9-16(15)23-4/h5-11H,1-4H3,(H,19,21)/b10-8+. The Labute approximate surface area is 140 Å². The minimum absolute atomic E-state index is 0.158. The summed E-state index contributed by atoms with van der Waals surface area (Å²) in [6.45, 7) is 1.83. The van der Waals surface area contributed by atoms with Gasteiger partial charge in [0, 0.05) is 25.7 Å². The number of hydrogen-bond acceptors (Lipinski definition) is 4. The van der Waals surface area contributed by atoms with Crippen LogP contribution in [0.25, 0.3) is 6.08 Å².